The summed E-state index contributed by atoms with van der Waals surface area (Å²) in [5.74, 6) is 2.46. The van der Waals surface area contributed by atoms with Crippen LogP contribution in [0.25, 0.3) is 0 Å². The fourth-order valence-corrected chi connectivity index (χ4v) is 2.94. The Morgan fingerprint density at radius 3 is 3.26 bits per heavy atom. The zero-order valence-corrected chi connectivity index (χ0v) is 11.5. The standard InChI is InChI=1S/C14H20N2O3/c1-10-3-4-15-14-13(10)19-8-12-5-11(6-16(12)14)7-18-9-17-2/h3-4,11-12H,5-9H2,1-2H3/t11?,12-/m1/s1. The van der Waals surface area contributed by atoms with Crippen molar-refractivity contribution in [2.45, 2.75) is 19.4 Å². The van der Waals surface area contributed by atoms with E-state index in [0.717, 1.165) is 43.3 Å². The van der Waals surface area contributed by atoms with Crippen molar-refractivity contribution < 1.29 is 14.2 Å². The molecule has 5 heteroatoms. The zero-order valence-electron chi connectivity index (χ0n) is 11.5. The smallest absolute Gasteiger partial charge is 0.172 e. The van der Waals surface area contributed by atoms with Crippen molar-refractivity contribution >= 4 is 5.82 Å². The number of aromatic nitrogens is 1. The summed E-state index contributed by atoms with van der Waals surface area (Å²) in [5, 5.41) is 0. The Balaban J connectivity index is 1.71. The highest BCUT2D eigenvalue weighted by Crippen LogP contribution is 2.39. The van der Waals surface area contributed by atoms with Gasteiger partial charge in [-0.05, 0) is 25.0 Å². The molecule has 1 unspecified atom stereocenters. The maximum Gasteiger partial charge on any atom is 0.172 e. The number of ether oxygens (including phenoxy) is 3. The van der Waals surface area contributed by atoms with E-state index >= 15 is 0 Å². The highest BCUT2D eigenvalue weighted by molar-refractivity contribution is 5.59. The van der Waals surface area contributed by atoms with Crippen LogP contribution in [-0.4, -0.2) is 44.7 Å². The third kappa shape index (κ3) is 2.40. The van der Waals surface area contributed by atoms with E-state index in [-0.39, 0.29) is 0 Å². The Hall–Kier alpha value is -1.33. The maximum atomic E-state index is 5.87. The largest absolute Gasteiger partial charge is 0.487 e. The molecule has 0 N–H and O–H groups in total. The SMILES string of the molecule is COCOCC1C[C@@H]2COc3c(C)ccnc3N2C1. The number of aryl methyl sites for hydroxylation is 1. The molecule has 3 heterocycles. The van der Waals surface area contributed by atoms with Crippen molar-refractivity contribution in [2.24, 2.45) is 5.92 Å². The summed E-state index contributed by atoms with van der Waals surface area (Å²) in [6.45, 7) is 4.91. The molecule has 1 aromatic heterocycles. The van der Waals surface area contributed by atoms with E-state index in [4.69, 9.17) is 14.2 Å². The van der Waals surface area contributed by atoms with Crippen LogP contribution in [0.3, 0.4) is 0 Å². The summed E-state index contributed by atoms with van der Waals surface area (Å²) >= 11 is 0. The third-order valence-electron chi connectivity index (χ3n) is 3.83. The lowest BCUT2D eigenvalue weighted by Gasteiger charge is -2.32. The van der Waals surface area contributed by atoms with Crippen molar-refractivity contribution in [2.75, 3.05) is 38.6 Å². The molecule has 0 saturated carbocycles. The average Bonchev–Trinajstić information content (AvgIpc) is 2.82. The van der Waals surface area contributed by atoms with Crippen molar-refractivity contribution in [3.05, 3.63) is 17.8 Å². The molecule has 3 rings (SSSR count). The van der Waals surface area contributed by atoms with Gasteiger partial charge in [0.2, 0.25) is 0 Å². The van der Waals surface area contributed by atoms with Crippen LogP contribution in [-0.2, 0) is 9.47 Å². The molecule has 0 radical (unpaired) electrons. The van der Waals surface area contributed by atoms with E-state index in [9.17, 15) is 0 Å². The number of rotatable bonds is 4. The number of nitrogens with zero attached hydrogens (tertiary/aromatic N) is 2. The van der Waals surface area contributed by atoms with Crippen LogP contribution in [0.15, 0.2) is 12.3 Å². The molecule has 1 fully saturated rings. The van der Waals surface area contributed by atoms with Crippen LogP contribution < -0.4 is 9.64 Å². The number of fused-ring (bicyclic) bond motifs is 3. The second-order valence-electron chi connectivity index (χ2n) is 5.28. The minimum atomic E-state index is 0.367. The Labute approximate surface area is 113 Å². The van der Waals surface area contributed by atoms with Crippen LogP contribution in [0.4, 0.5) is 5.82 Å². The van der Waals surface area contributed by atoms with E-state index in [1.165, 1.54) is 0 Å². The highest BCUT2D eigenvalue weighted by atomic mass is 16.7. The second kappa shape index (κ2) is 5.35. The number of pyridine rings is 1. The van der Waals surface area contributed by atoms with Gasteiger partial charge in [-0.3, -0.25) is 0 Å². The molecule has 0 amide bonds. The topological polar surface area (TPSA) is 43.8 Å². The zero-order chi connectivity index (χ0) is 13.2. The number of anilines is 1. The van der Waals surface area contributed by atoms with Gasteiger partial charge in [0, 0.05) is 25.8 Å². The van der Waals surface area contributed by atoms with Gasteiger partial charge in [0.05, 0.1) is 12.6 Å². The summed E-state index contributed by atoms with van der Waals surface area (Å²) in [5.41, 5.74) is 1.16. The van der Waals surface area contributed by atoms with Crippen molar-refractivity contribution in [1.29, 1.82) is 0 Å². The third-order valence-corrected chi connectivity index (χ3v) is 3.83. The van der Waals surface area contributed by atoms with Gasteiger partial charge in [0.1, 0.15) is 13.4 Å². The molecule has 104 valence electrons. The molecule has 19 heavy (non-hydrogen) atoms. The fourth-order valence-electron chi connectivity index (χ4n) is 2.94. The lowest BCUT2D eigenvalue weighted by atomic mass is 10.1. The van der Waals surface area contributed by atoms with Gasteiger partial charge < -0.3 is 19.1 Å². The van der Waals surface area contributed by atoms with Crippen LogP contribution in [0.5, 0.6) is 5.75 Å². The number of hydrogen-bond donors (Lipinski definition) is 0. The molecule has 0 spiro atoms. The number of methoxy groups -OCH3 is 1. The first-order valence-electron chi connectivity index (χ1n) is 6.71. The second-order valence-corrected chi connectivity index (χ2v) is 5.28. The van der Waals surface area contributed by atoms with Crippen molar-refractivity contribution in [1.82, 2.24) is 4.98 Å². The summed E-state index contributed by atoms with van der Waals surface area (Å²) in [7, 11) is 1.65. The van der Waals surface area contributed by atoms with Gasteiger partial charge in [0.15, 0.2) is 11.6 Å². The van der Waals surface area contributed by atoms with E-state index in [1.54, 1.807) is 7.11 Å². The maximum absolute atomic E-state index is 5.87. The molecule has 1 aromatic rings. The van der Waals surface area contributed by atoms with E-state index in [0.29, 0.717) is 18.8 Å². The predicted octanol–water partition coefficient (Wildman–Crippen LogP) is 1.60. The Bertz CT molecular complexity index is 452. The molecule has 2 aliphatic rings. The molecule has 1 saturated heterocycles. The molecule has 0 bridgehead atoms. The van der Waals surface area contributed by atoms with Gasteiger partial charge in [0.25, 0.3) is 0 Å². The lowest BCUT2D eigenvalue weighted by molar-refractivity contribution is -0.0414. The summed E-state index contributed by atoms with van der Waals surface area (Å²) in [6, 6.07) is 2.42. The van der Waals surface area contributed by atoms with E-state index in [1.807, 2.05) is 12.3 Å². The van der Waals surface area contributed by atoms with E-state index < -0.39 is 0 Å². The van der Waals surface area contributed by atoms with Crippen LogP contribution in [0.1, 0.15) is 12.0 Å². The molecule has 2 aliphatic heterocycles. The minimum Gasteiger partial charge on any atom is -0.487 e. The summed E-state index contributed by atoms with van der Waals surface area (Å²) in [6.07, 6.45) is 2.95. The molecule has 5 nitrogen and oxygen atoms in total. The molecule has 0 aromatic carbocycles. The van der Waals surface area contributed by atoms with Crippen molar-refractivity contribution in [3.63, 3.8) is 0 Å². The normalized spacial score (nSPS) is 24.8. The Morgan fingerprint density at radius 1 is 1.53 bits per heavy atom. The molecule has 2 atom stereocenters. The minimum absolute atomic E-state index is 0.367. The highest BCUT2D eigenvalue weighted by Gasteiger charge is 2.38. The van der Waals surface area contributed by atoms with Gasteiger partial charge in [-0.15, -0.1) is 0 Å². The van der Waals surface area contributed by atoms with Gasteiger partial charge in [-0.1, -0.05) is 0 Å². The summed E-state index contributed by atoms with van der Waals surface area (Å²) < 4.78 is 16.3. The molecular formula is C14H20N2O3. The monoisotopic (exact) mass is 264 g/mol. The van der Waals surface area contributed by atoms with Gasteiger partial charge in [-0.25, -0.2) is 4.98 Å². The predicted molar refractivity (Wildman–Crippen MR) is 71.5 cm³/mol. The first kappa shape index (κ1) is 12.7. The van der Waals surface area contributed by atoms with Crippen LogP contribution in [0.2, 0.25) is 0 Å². The Kier molecular flexibility index (Phi) is 3.57. The summed E-state index contributed by atoms with van der Waals surface area (Å²) in [4.78, 5) is 6.86. The number of hydrogen-bond acceptors (Lipinski definition) is 5. The van der Waals surface area contributed by atoms with Crippen LogP contribution in [0, 0.1) is 12.8 Å². The quantitative estimate of drug-likeness (QED) is 0.610. The van der Waals surface area contributed by atoms with Crippen LogP contribution >= 0.6 is 0 Å². The van der Waals surface area contributed by atoms with Gasteiger partial charge in [-0.2, -0.15) is 0 Å². The average molecular weight is 264 g/mol. The lowest BCUT2D eigenvalue weighted by Crippen LogP contribution is -2.39. The van der Waals surface area contributed by atoms with E-state index in [2.05, 4.69) is 16.8 Å². The molecule has 0 aliphatic carbocycles. The first-order valence-corrected chi connectivity index (χ1v) is 6.71. The Morgan fingerprint density at radius 2 is 2.42 bits per heavy atom. The van der Waals surface area contributed by atoms with Gasteiger partial charge >= 0.3 is 0 Å². The van der Waals surface area contributed by atoms with Crippen molar-refractivity contribution in [3.8, 4) is 5.75 Å². The first-order chi connectivity index (χ1) is 9.29. The fraction of sp³-hybridized carbons (Fsp3) is 0.643. The molecular weight excluding hydrogens is 244 g/mol.